The number of rotatable bonds is 5. The molecule has 0 fully saturated rings. The molecule has 0 spiro atoms. The van der Waals surface area contributed by atoms with Gasteiger partial charge in [0.2, 0.25) is 5.91 Å². The number of para-hydroxylation sites is 1. The van der Waals surface area contributed by atoms with Crippen LogP contribution in [0.2, 0.25) is 0 Å². The number of methoxy groups -OCH3 is 2. The smallest absolute Gasteiger partial charge is 0.234 e. The number of fused-ring (bicyclic) bond motifs is 1. The van der Waals surface area contributed by atoms with Crippen LogP contribution in [0.5, 0.6) is 11.5 Å². The second kappa shape index (κ2) is 7.04. The fourth-order valence-electron chi connectivity index (χ4n) is 2.84. The SMILES string of the molecule is COc1ccc(C(C)(C)C(=O)Nc2cccc3cccnc23)cc1OC. The third-order valence-corrected chi connectivity index (χ3v) is 4.55. The summed E-state index contributed by atoms with van der Waals surface area (Å²) in [4.78, 5) is 17.4. The third-order valence-electron chi connectivity index (χ3n) is 4.55. The first kappa shape index (κ1) is 17.7. The van der Waals surface area contributed by atoms with E-state index in [4.69, 9.17) is 9.47 Å². The number of aromatic nitrogens is 1. The summed E-state index contributed by atoms with van der Waals surface area (Å²) >= 11 is 0. The Balaban J connectivity index is 1.93. The van der Waals surface area contributed by atoms with E-state index < -0.39 is 5.41 Å². The number of pyridine rings is 1. The third kappa shape index (κ3) is 3.20. The zero-order valence-corrected chi connectivity index (χ0v) is 15.4. The molecule has 0 atom stereocenters. The molecule has 0 saturated carbocycles. The van der Waals surface area contributed by atoms with Gasteiger partial charge in [0.25, 0.3) is 0 Å². The summed E-state index contributed by atoms with van der Waals surface area (Å²) in [5.74, 6) is 1.10. The van der Waals surface area contributed by atoms with Crippen LogP contribution in [0.15, 0.2) is 54.7 Å². The number of anilines is 1. The van der Waals surface area contributed by atoms with Crippen LogP contribution in [0.3, 0.4) is 0 Å². The van der Waals surface area contributed by atoms with Crippen LogP contribution in [-0.2, 0) is 10.2 Å². The molecule has 1 heterocycles. The number of carbonyl (C=O) groups is 1. The molecular weight excluding hydrogens is 328 g/mol. The Labute approximate surface area is 153 Å². The van der Waals surface area contributed by atoms with Crippen molar-refractivity contribution in [1.29, 1.82) is 0 Å². The van der Waals surface area contributed by atoms with Crippen LogP contribution in [0.4, 0.5) is 5.69 Å². The van der Waals surface area contributed by atoms with Gasteiger partial charge in [0.1, 0.15) is 0 Å². The van der Waals surface area contributed by atoms with Gasteiger partial charge in [-0.15, -0.1) is 0 Å². The van der Waals surface area contributed by atoms with Crippen molar-refractivity contribution in [2.45, 2.75) is 19.3 Å². The lowest BCUT2D eigenvalue weighted by atomic mass is 9.83. The molecule has 3 rings (SSSR count). The summed E-state index contributed by atoms with van der Waals surface area (Å²) in [6.07, 6.45) is 1.72. The Bertz CT molecular complexity index is 946. The molecular formula is C21H22N2O3. The van der Waals surface area contributed by atoms with E-state index in [1.54, 1.807) is 20.4 Å². The predicted molar refractivity (Wildman–Crippen MR) is 103 cm³/mol. The van der Waals surface area contributed by atoms with Gasteiger partial charge in [-0.05, 0) is 43.7 Å². The monoisotopic (exact) mass is 350 g/mol. The molecule has 1 aromatic heterocycles. The molecule has 0 aliphatic rings. The number of carbonyl (C=O) groups excluding carboxylic acids is 1. The fourth-order valence-corrected chi connectivity index (χ4v) is 2.84. The molecule has 1 amide bonds. The first-order valence-corrected chi connectivity index (χ1v) is 8.35. The largest absolute Gasteiger partial charge is 0.493 e. The van der Waals surface area contributed by atoms with Crippen molar-refractivity contribution in [2.24, 2.45) is 0 Å². The topological polar surface area (TPSA) is 60.5 Å². The Morgan fingerprint density at radius 3 is 2.46 bits per heavy atom. The Kier molecular flexibility index (Phi) is 4.80. The van der Waals surface area contributed by atoms with Crippen molar-refractivity contribution in [3.63, 3.8) is 0 Å². The van der Waals surface area contributed by atoms with Crippen molar-refractivity contribution in [3.05, 3.63) is 60.3 Å². The van der Waals surface area contributed by atoms with Crippen molar-refractivity contribution in [3.8, 4) is 11.5 Å². The highest BCUT2D eigenvalue weighted by atomic mass is 16.5. The minimum absolute atomic E-state index is 0.122. The number of benzene rings is 2. The van der Waals surface area contributed by atoms with Gasteiger partial charge in [0.05, 0.1) is 30.8 Å². The zero-order valence-electron chi connectivity index (χ0n) is 15.4. The minimum atomic E-state index is -0.767. The fraction of sp³-hybridized carbons (Fsp3) is 0.238. The molecule has 0 unspecified atom stereocenters. The molecule has 26 heavy (non-hydrogen) atoms. The van der Waals surface area contributed by atoms with E-state index in [9.17, 15) is 4.79 Å². The lowest BCUT2D eigenvalue weighted by molar-refractivity contribution is -0.120. The van der Waals surface area contributed by atoms with Gasteiger partial charge >= 0.3 is 0 Å². The molecule has 2 aromatic carbocycles. The first-order valence-electron chi connectivity index (χ1n) is 8.35. The van der Waals surface area contributed by atoms with Gasteiger partial charge in [-0.2, -0.15) is 0 Å². The minimum Gasteiger partial charge on any atom is -0.493 e. The predicted octanol–water partition coefficient (Wildman–Crippen LogP) is 4.17. The quantitative estimate of drug-likeness (QED) is 0.750. The molecule has 0 bridgehead atoms. The number of ether oxygens (including phenoxy) is 2. The van der Waals surface area contributed by atoms with Gasteiger partial charge in [-0.25, -0.2) is 0 Å². The Morgan fingerprint density at radius 2 is 1.73 bits per heavy atom. The first-order chi connectivity index (χ1) is 12.5. The molecule has 0 radical (unpaired) electrons. The number of amides is 1. The second-order valence-corrected chi connectivity index (χ2v) is 6.53. The van der Waals surface area contributed by atoms with Gasteiger partial charge < -0.3 is 14.8 Å². The van der Waals surface area contributed by atoms with Crippen LogP contribution >= 0.6 is 0 Å². The van der Waals surface area contributed by atoms with E-state index >= 15 is 0 Å². The summed E-state index contributed by atoms with van der Waals surface area (Å²) in [5, 5.41) is 4.00. The van der Waals surface area contributed by atoms with Crippen molar-refractivity contribution in [1.82, 2.24) is 4.98 Å². The summed E-state index contributed by atoms with van der Waals surface area (Å²) in [5.41, 5.74) is 1.53. The van der Waals surface area contributed by atoms with Crippen LogP contribution in [0.1, 0.15) is 19.4 Å². The lowest BCUT2D eigenvalue weighted by Crippen LogP contribution is -2.34. The molecule has 134 valence electrons. The van der Waals surface area contributed by atoms with E-state index in [0.29, 0.717) is 17.2 Å². The lowest BCUT2D eigenvalue weighted by Gasteiger charge is -2.25. The van der Waals surface area contributed by atoms with Crippen LogP contribution in [0, 0.1) is 0 Å². The van der Waals surface area contributed by atoms with E-state index in [0.717, 1.165) is 16.5 Å². The van der Waals surface area contributed by atoms with E-state index in [-0.39, 0.29) is 5.91 Å². The van der Waals surface area contributed by atoms with Gasteiger partial charge in [-0.1, -0.05) is 24.3 Å². The van der Waals surface area contributed by atoms with Gasteiger partial charge in [-0.3, -0.25) is 9.78 Å². The maximum atomic E-state index is 13.0. The molecule has 0 saturated heterocycles. The number of hydrogen-bond acceptors (Lipinski definition) is 4. The average molecular weight is 350 g/mol. The normalized spacial score (nSPS) is 11.2. The number of nitrogens with zero attached hydrogens (tertiary/aromatic N) is 1. The number of hydrogen-bond donors (Lipinski definition) is 1. The summed E-state index contributed by atoms with van der Waals surface area (Å²) < 4.78 is 10.6. The Morgan fingerprint density at radius 1 is 1.00 bits per heavy atom. The summed E-state index contributed by atoms with van der Waals surface area (Å²) in [7, 11) is 3.17. The van der Waals surface area contributed by atoms with Gasteiger partial charge in [0.15, 0.2) is 11.5 Å². The molecule has 5 heteroatoms. The Hall–Kier alpha value is -3.08. The van der Waals surface area contributed by atoms with Crippen LogP contribution in [0.25, 0.3) is 10.9 Å². The molecule has 0 aliphatic carbocycles. The van der Waals surface area contributed by atoms with Crippen molar-refractivity contribution < 1.29 is 14.3 Å². The maximum absolute atomic E-state index is 13.0. The van der Waals surface area contributed by atoms with E-state index in [1.165, 1.54) is 0 Å². The van der Waals surface area contributed by atoms with Crippen molar-refractivity contribution >= 4 is 22.5 Å². The van der Waals surface area contributed by atoms with Crippen LogP contribution in [-0.4, -0.2) is 25.1 Å². The van der Waals surface area contributed by atoms with Crippen molar-refractivity contribution in [2.75, 3.05) is 19.5 Å². The second-order valence-electron chi connectivity index (χ2n) is 6.53. The van der Waals surface area contributed by atoms with E-state index in [2.05, 4.69) is 10.3 Å². The molecule has 1 N–H and O–H groups in total. The van der Waals surface area contributed by atoms with E-state index in [1.807, 2.05) is 62.4 Å². The standard InChI is InChI=1S/C21H22N2O3/c1-21(2,15-10-11-17(25-3)18(13-15)26-4)20(24)23-16-9-5-7-14-8-6-12-22-19(14)16/h5-13H,1-4H3,(H,23,24). The highest BCUT2D eigenvalue weighted by Crippen LogP contribution is 2.34. The highest BCUT2D eigenvalue weighted by Gasteiger charge is 2.31. The molecule has 5 nitrogen and oxygen atoms in total. The molecule has 0 aliphatic heterocycles. The summed E-state index contributed by atoms with van der Waals surface area (Å²) in [6.45, 7) is 3.75. The highest BCUT2D eigenvalue weighted by molar-refractivity contribution is 6.04. The number of nitrogens with one attached hydrogen (secondary N) is 1. The molecule has 3 aromatic rings. The summed E-state index contributed by atoms with van der Waals surface area (Å²) in [6, 6.07) is 15.1. The zero-order chi connectivity index (χ0) is 18.7. The maximum Gasteiger partial charge on any atom is 0.234 e. The average Bonchev–Trinajstić information content (AvgIpc) is 2.67. The van der Waals surface area contributed by atoms with Gasteiger partial charge in [0, 0.05) is 11.6 Å². The van der Waals surface area contributed by atoms with Crippen LogP contribution < -0.4 is 14.8 Å².